The van der Waals surface area contributed by atoms with Crippen LogP contribution < -0.4 is 10.2 Å². The van der Waals surface area contributed by atoms with E-state index in [1.165, 1.54) is 11.3 Å². The van der Waals surface area contributed by atoms with Gasteiger partial charge in [0, 0.05) is 44.3 Å². The van der Waals surface area contributed by atoms with Gasteiger partial charge in [-0.3, -0.25) is 4.79 Å². The lowest BCUT2D eigenvalue weighted by molar-refractivity contribution is -0.125. The monoisotopic (exact) mass is 313 g/mol. The van der Waals surface area contributed by atoms with E-state index in [1.807, 2.05) is 0 Å². The fraction of sp³-hybridized carbons (Fsp3) is 0.526. The number of para-hydroxylation sites is 1. The molecule has 1 amide bonds. The number of allylic oxidation sites excluding steroid dienone is 2. The first-order chi connectivity index (χ1) is 11.2. The van der Waals surface area contributed by atoms with Crippen molar-refractivity contribution in [2.75, 3.05) is 38.1 Å². The van der Waals surface area contributed by atoms with Crippen molar-refractivity contribution in [3.8, 4) is 0 Å². The molecule has 1 aromatic carbocycles. The summed E-state index contributed by atoms with van der Waals surface area (Å²) in [6.45, 7) is 4.91. The van der Waals surface area contributed by atoms with E-state index in [2.05, 4.69) is 58.6 Å². The quantitative estimate of drug-likeness (QED) is 0.867. The summed E-state index contributed by atoms with van der Waals surface area (Å²) >= 11 is 0. The van der Waals surface area contributed by atoms with E-state index in [4.69, 9.17) is 0 Å². The predicted molar refractivity (Wildman–Crippen MR) is 94.5 cm³/mol. The molecule has 0 aromatic heterocycles. The zero-order valence-corrected chi connectivity index (χ0v) is 14.0. The van der Waals surface area contributed by atoms with Crippen LogP contribution in [-0.2, 0) is 11.3 Å². The minimum atomic E-state index is 0.149. The number of carbonyl (C=O) groups excluding carboxylic acids is 1. The molecule has 1 atom stereocenters. The molecule has 1 aliphatic carbocycles. The Labute approximate surface area is 139 Å². The van der Waals surface area contributed by atoms with Crippen LogP contribution >= 0.6 is 0 Å². The van der Waals surface area contributed by atoms with Gasteiger partial charge >= 0.3 is 0 Å². The van der Waals surface area contributed by atoms with Gasteiger partial charge in [0.1, 0.15) is 0 Å². The number of likely N-dealkylation sites (N-methyl/N-ethyl adjacent to an activating group) is 1. The van der Waals surface area contributed by atoms with E-state index in [9.17, 15) is 4.79 Å². The molecule has 0 bridgehead atoms. The van der Waals surface area contributed by atoms with Crippen molar-refractivity contribution >= 4 is 11.6 Å². The minimum absolute atomic E-state index is 0.149. The second kappa shape index (κ2) is 7.64. The summed E-state index contributed by atoms with van der Waals surface area (Å²) in [5.41, 5.74) is 2.49. The lowest BCUT2D eigenvalue weighted by Gasteiger charge is -2.35. The standard InChI is InChI=1S/C19H27N3O/c1-21-11-13-22(14-12-21)18-10-6-5-9-17(18)15-20-19(23)16-7-3-2-4-8-16/h2-3,5-6,9-10,16H,4,7-8,11-15H2,1H3,(H,20,23). The number of anilines is 1. The lowest BCUT2D eigenvalue weighted by Crippen LogP contribution is -2.45. The van der Waals surface area contributed by atoms with Crippen LogP contribution in [0.1, 0.15) is 24.8 Å². The highest BCUT2D eigenvalue weighted by Crippen LogP contribution is 2.22. The Bertz CT molecular complexity index is 561. The van der Waals surface area contributed by atoms with Crippen LogP contribution in [0.15, 0.2) is 36.4 Å². The first-order valence-electron chi connectivity index (χ1n) is 8.68. The Morgan fingerprint density at radius 1 is 1.17 bits per heavy atom. The number of piperazine rings is 1. The highest BCUT2D eigenvalue weighted by molar-refractivity contribution is 5.79. The molecule has 0 radical (unpaired) electrons. The maximum absolute atomic E-state index is 12.3. The predicted octanol–water partition coefficient (Wildman–Crippen LogP) is 2.41. The van der Waals surface area contributed by atoms with E-state index in [-0.39, 0.29) is 11.8 Å². The zero-order chi connectivity index (χ0) is 16.1. The number of nitrogens with one attached hydrogen (secondary N) is 1. The third kappa shape index (κ3) is 4.14. The third-order valence-corrected chi connectivity index (χ3v) is 4.93. The largest absolute Gasteiger partial charge is 0.369 e. The van der Waals surface area contributed by atoms with Gasteiger partial charge in [0.2, 0.25) is 5.91 Å². The molecule has 23 heavy (non-hydrogen) atoms. The maximum atomic E-state index is 12.3. The summed E-state index contributed by atoms with van der Waals surface area (Å²) in [7, 11) is 2.17. The van der Waals surface area contributed by atoms with Crippen LogP contribution in [0, 0.1) is 5.92 Å². The summed E-state index contributed by atoms with van der Waals surface area (Å²) in [6, 6.07) is 8.46. The van der Waals surface area contributed by atoms with Gasteiger partial charge in [-0.15, -0.1) is 0 Å². The fourth-order valence-electron chi connectivity index (χ4n) is 3.37. The SMILES string of the molecule is CN1CCN(c2ccccc2CNC(=O)C2CC=CCC2)CC1. The van der Waals surface area contributed by atoms with Crippen LogP contribution in [0.2, 0.25) is 0 Å². The van der Waals surface area contributed by atoms with Gasteiger partial charge in [-0.05, 0) is 37.9 Å². The molecule has 0 spiro atoms. The molecular formula is C19H27N3O. The molecule has 0 saturated carbocycles. The third-order valence-electron chi connectivity index (χ3n) is 4.93. The van der Waals surface area contributed by atoms with Crippen LogP contribution in [0.25, 0.3) is 0 Å². The second-order valence-electron chi connectivity index (χ2n) is 6.62. The van der Waals surface area contributed by atoms with Gasteiger partial charge in [0.15, 0.2) is 0 Å². The van der Waals surface area contributed by atoms with E-state index < -0.39 is 0 Å². The molecule has 1 unspecified atom stereocenters. The Kier molecular flexibility index (Phi) is 5.34. The second-order valence-corrected chi connectivity index (χ2v) is 6.62. The molecule has 2 aliphatic rings. The molecule has 1 fully saturated rings. The summed E-state index contributed by atoms with van der Waals surface area (Å²) < 4.78 is 0. The van der Waals surface area contributed by atoms with Gasteiger partial charge in [-0.1, -0.05) is 30.4 Å². The van der Waals surface area contributed by atoms with Gasteiger partial charge in [-0.25, -0.2) is 0 Å². The lowest BCUT2D eigenvalue weighted by atomic mass is 9.93. The average Bonchev–Trinajstić information content (AvgIpc) is 2.61. The Balaban J connectivity index is 1.61. The highest BCUT2D eigenvalue weighted by Gasteiger charge is 2.20. The van der Waals surface area contributed by atoms with Gasteiger partial charge in [-0.2, -0.15) is 0 Å². The van der Waals surface area contributed by atoms with E-state index >= 15 is 0 Å². The van der Waals surface area contributed by atoms with Gasteiger partial charge < -0.3 is 15.1 Å². The Hall–Kier alpha value is -1.81. The fourth-order valence-corrected chi connectivity index (χ4v) is 3.37. The van der Waals surface area contributed by atoms with Crippen molar-refractivity contribution in [3.63, 3.8) is 0 Å². The van der Waals surface area contributed by atoms with Crippen molar-refractivity contribution in [1.29, 1.82) is 0 Å². The normalized spacial score (nSPS) is 22.1. The van der Waals surface area contributed by atoms with Crippen molar-refractivity contribution in [2.45, 2.75) is 25.8 Å². The molecule has 1 heterocycles. The first-order valence-corrected chi connectivity index (χ1v) is 8.68. The molecule has 124 valence electrons. The molecule has 1 aromatic rings. The van der Waals surface area contributed by atoms with Gasteiger partial charge in [0.25, 0.3) is 0 Å². The van der Waals surface area contributed by atoms with Crippen molar-refractivity contribution in [3.05, 3.63) is 42.0 Å². The van der Waals surface area contributed by atoms with Gasteiger partial charge in [0.05, 0.1) is 0 Å². The van der Waals surface area contributed by atoms with E-state index in [0.717, 1.165) is 45.4 Å². The number of nitrogens with zero attached hydrogens (tertiary/aromatic N) is 2. The van der Waals surface area contributed by atoms with Crippen molar-refractivity contribution in [2.24, 2.45) is 5.92 Å². The number of benzene rings is 1. The Morgan fingerprint density at radius 2 is 1.96 bits per heavy atom. The number of hydrogen-bond acceptors (Lipinski definition) is 3. The van der Waals surface area contributed by atoms with Crippen molar-refractivity contribution < 1.29 is 4.79 Å². The smallest absolute Gasteiger partial charge is 0.223 e. The minimum Gasteiger partial charge on any atom is -0.369 e. The van der Waals surface area contributed by atoms with E-state index in [1.54, 1.807) is 0 Å². The molecule has 1 saturated heterocycles. The highest BCUT2D eigenvalue weighted by atomic mass is 16.1. The summed E-state index contributed by atoms with van der Waals surface area (Å²) in [5, 5.41) is 3.15. The molecule has 4 nitrogen and oxygen atoms in total. The van der Waals surface area contributed by atoms with Crippen LogP contribution in [-0.4, -0.2) is 44.0 Å². The van der Waals surface area contributed by atoms with Crippen LogP contribution in [0.3, 0.4) is 0 Å². The summed E-state index contributed by atoms with van der Waals surface area (Å²) in [6.07, 6.45) is 7.18. The van der Waals surface area contributed by atoms with E-state index in [0.29, 0.717) is 6.54 Å². The number of rotatable bonds is 4. The van der Waals surface area contributed by atoms with Crippen molar-refractivity contribution in [1.82, 2.24) is 10.2 Å². The molecule has 3 rings (SSSR count). The van der Waals surface area contributed by atoms with Crippen LogP contribution in [0.4, 0.5) is 5.69 Å². The maximum Gasteiger partial charge on any atom is 0.223 e. The number of carbonyl (C=O) groups is 1. The topological polar surface area (TPSA) is 35.6 Å². The average molecular weight is 313 g/mol. The van der Waals surface area contributed by atoms with Crippen LogP contribution in [0.5, 0.6) is 0 Å². The molecule has 1 N–H and O–H groups in total. The molecule has 1 aliphatic heterocycles. The number of hydrogen-bond donors (Lipinski definition) is 1. The Morgan fingerprint density at radius 3 is 2.70 bits per heavy atom. The zero-order valence-electron chi connectivity index (χ0n) is 14.0. The molecule has 4 heteroatoms. The first kappa shape index (κ1) is 16.1. The number of amides is 1. The molecular weight excluding hydrogens is 286 g/mol. The summed E-state index contributed by atoms with van der Waals surface area (Å²) in [5.74, 6) is 0.346. The summed E-state index contributed by atoms with van der Waals surface area (Å²) in [4.78, 5) is 17.1.